The van der Waals surface area contributed by atoms with Gasteiger partial charge >= 0.3 is 0 Å². The van der Waals surface area contributed by atoms with Gasteiger partial charge in [0.25, 0.3) is 5.56 Å². The van der Waals surface area contributed by atoms with E-state index in [0.717, 1.165) is 10.6 Å². The average Bonchev–Trinajstić information content (AvgIpc) is 3.20. The smallest absolute Gasteiger partial charge is 0.266 e. The Hall–Kier alpha value is -2.48. The van der Waals surface area contributed by atoms with Crippen molar-refractivity contribution < 1.29 is 9.59 Å². The van der Waals surface area contributed by atoms with Crippen molar-refractivity contribution >= 4 is 23.2 Å². The van der Waals surface area contributed by atoms with Gasteiger partial charge in [-0.3, -0.25) is 14.4 Å². The third-order valence-electron chi connectivity index (χ3n) is 3.57. The molecule has 23 heavy (non-hydrogen) atoms. The third kappa shape index (κ3) is 3.65. The fourth-order valence-corrected chi connectivity index (χ4v) is 3.07. The Bertz CT molecular complexity index is 769. The van der Waals surface area contributed by atoms with E-state index in [1.165, 1.54) is 10.7 Å². The predicted octanol–water partition coefficient (Wildman–Crippen LogP) is 0.367. The van der Waals surface area contributed by atoms with Crippen LogP contribution in [0.2, 0.25) is 0 Å². The number of rotatable bonds is 5. The second-order valence-electron chi connectivity index (χ2n) is 5.21. The van der Waals surface area contributed by atoms with Crippen LogP contribution < -0.4 is 16.2 Å². The number of aromatic nitrogens is 2. The first kappa shape index (κ1) is 15.4. The molecule has 0 aliphatic carbocycles. The van der Waals surface area contributed by atoms with Gasteiger partial charge in [-0.15, -0.1) is 11.3 Å². The first-order valence-electron chi connectivity index (χ1n) is 7.32. The summed E-state index contributed by atoms with van der Waals surface area (Å²) in [6.07, 6.45) is 0.888. The van der Waals surface area contributed by atoms with Crippen LogP contribution in [0.3, 0.4) is 0 Å². The zero-order chi connectivity index (χ0) is 16.2. The Morgan fingerprint density at radius 2 is 2.26 bits per heavy atom. The van der Waals surface area contributed by atoms with E-state index in [1.807, 2.05) is 17.5 Å². The summed E-state index contributed by atoms with van der Waals surface area (Å²) in [7, 11) is 0. The van der Waals surface area contributed by atoms with E-state index in [2.05, 4.69) is 15.7 Å². The maximum absolute atomic E-state index is 11.9. The highest BCUT2D eigenvalue weighted by atomic mass is 32.1. The van der Waals surface area contributed by atoms with Crippen molar-refractivity contribution in [3.05, 3.63) is 40.0 Å². The molecule has 120 valence electrons. The van der Waals surface area contributed by atoms with E-state index in [4.69, 9.17) is 0 Å². The van der Waals surface area contributed by atoms with E-state index in [0.29, 0.717) is 12.8 Å². The number of carbonyl (C=O) groups is 2. The van der Waals surface area contributed by atoms with Gasteiger partial charge < -0.3 is 10.6 Å². The molecule has 1 saturated heterocycles. The van der Waals surface area contributed by atoms with Crippen LogP contribution in [0.4, 0.5) is 0 Å². The number of amides is 2. The Kier molecular flexibility index (Phi) is 4.52. The van der Waals surface area contributed by atoms with Crippen LogP contribution in [0.15, 0.2) is 34.4 Å². The van der Waals surface area contributed by atoms with Crippen LogP contribution >= 0.6 is 11.3 Å². The molecule has 8 heteroatoms. The van der Waals surface area contributed by atoms with Crippen LogP contribution in [0.25, 0.3) is 10.6 Å². The molecule has 0 aromatic carbocycles. The van der Waals surface area contributed by atoms with E-state index >= 15 is 0 Å². The Balaban J connectivity index is 1.60. The zero-order valence-electron chi connectivity index (χ0n) is 12.3. The van der Waals surface area contributed by atoms with Crippen molar-refractivity contribution in [1.29, 1.82) is 0 Å². The van der Waals surface area contributed by atoms with Gasteiger partial charge in [0.05, 0.1) is 11.4 Å². The minimum atomic E-state index is -0.468. The van der Waals surface area contributed by atoms with Gasteiger partial charge in [0, 0.05) is 19.0 Å². The van der Waals surface area contributed by atoms with E-state index in [1.54, 1.807) is 17.4 Å². The van der Waals surface area contributed by atoms with Gasteiger partial charge in [-0.2, -0.15) is 5.10 Å². The summed E-state index contributed by atoms with van der Waals surface area (Å²) in [5, 5.41) is 11.6. The Morgan fingerprint density at radius 1 is 1.39 bits per heavy atom. The molecule has 1 aliphatic heterocycles. The Labute approximate surface area is 136 Å². The highest BCUT2D eigenvalue weighted by Crippen LogP contribution is 2.20. The molecule has 1 unspecified atom stereocenters. The van der Waals surface area contributed by atoms with Gasteiger partial charge in [-0.25, -0.2) is 4.68 Å². The van der Waals surface area contributed by atoms with Crippen molar-refractivity contribution in [3.8, 4) is 10.6 Å². The molecule has 0 radical (unpaired) electrons. The van der Waals surface area contributed by atoms with Crippen molar-refractivity contribution in [2.75, 3.05) is 6.54 Å². The first-order valence-corrected chi connectivity index (χ1v) is 8.20. The van der Waals surface area contributed by atoms with Crippen LogP contribution in [0.5, 0.6) is 0 Å². The summed E-state index contributed by atoms with van der Waals surface area (Å²) in [4.78, 5) is 35.8. The lowest BCUT2D eigenvalue weighted by Gasteiger charge is -2.11. The van der Waals surface area contributed by atoms with Gasteiger partial charge in [0.1, 0.15) is 11.7 Å². The van der Waals surface area contributed by atoms with Crippen LogP contribution in [0.1, 0.15) is 12.8 Å². The fraction of sp³-hybridized carbons (Fsp3) is 0.333. The molecule has 0 saturated carbocycles. The number of carbonyl (C=O) groups excluding carboxylic acids is 2. The molecule has 2 N–H and O–H groups in total. The molecule has 1 aliphatic rings. The lowest BCUT2D eigenvalue weighted by atomic mass is 10.2. The van der Waals surface area contributed by atoms with Crippen LogP contribution in [0, 0.1) is 0 Å². The average molecular weight is 332 g/mol. The van der Waals surface area contributed by atoms with Crippen molar-refractivity contribution in [3.63, 3.8) is 0 Å². The second kappa shape index (κ2) is 6.74. The number of nitrogens with zero attached hydrogens (tertiary/aromatic N) is 2. The van der Waals surface area contributed by atoms with Crippen LogP contribution in [-0.4, -0.2) is 34.2 Å². The normalized spacial score (nSPS) is 17.0. The molecule has 7 nitrogen and oxygen atoms in total. The van der Waals surface area contributed by atoms with Gasteiger partial charge in [0.15, 0.2) is 0 Å². The number of hydrogen-bond acceptors (Lipinski definition) is 5. The van der Waals surface area contributed by atoms with Crippen molar-refractivity contribution in [2.45, 2.75) is 25.4 Å². The number of hydrogen-bond donors (Lipinski definition) is 2. The summed E-state index contributed by atoms with van der Waals surface area (Å²) in [5.74, 6) is -0.329. The van der Waals surface area contributed by atoms with Crippen molar-refractivity contribution in [2.24, 2.45) is 0 Å². The number of nitrogens with one attached hydrogen (secondary N) is 2. The van der Waals surface area contributed by atoms with Gasteiger partial charge in [-0.1, -0.05) is 6.07 Å². The van der Waals surface area contributed by atoms with Crippen molar-refractivity contribution in [1.82, 2.24) is 20.4 Å². The minimum absolute atomic E-state index is 0.105. The SMILES string of the molecule is O=C1CCC(C(=O)NCCn2nc(-c3cccs3)ccc2=O)N1. The fourth-order valence-electron chi connectivity index (χ4n) is 2.38. The molecule has 0 bridgehead atoms. The summed E-state index contributed by atoms with van der Waals surface area (Å²) >= 11 is 1.55. The summed E-state index contributed by atoms with van der Waals surface area (Å²) in [5.41, 5.74) is 0.516. The topological polar surface area (TPSA) is 93.1 Å². The summed E-state index contributed by atoms with van der Waals surface area (Å²) in [6.45, 7) is 0.566. The quantitative estimate of drug-likeness (QED) is 0.827. The summed E-state index contributed by atoms with van der Waals surface area (Å²) < 4.78 is 1.34. The molecule has 0 spiro atoms. The molecular weight excluding hydrogens is 316 g/mol. The standard InChI is InChI=1S/C15H16N4O3S/c20-13-5-3-11(17-13)15(22)16-7-8-19-14(21)6-4-10(18-19)12-2-1-9-23-12/h1-2,4,6,9,11H,3,5,7-8H2,(H,16,22)(H,17,20). The molecule has 1 atom stereocenters. The summed E-state index contributed by atoms with van der Waals surface area (Å²) in [6, 6.07) is 6.56. The predicted molar refractivity (Wildman–Crippen MR) is 86.0 cm³/mol. The molecule has 2 aromatic rings. The van der Waals surface area contributed by atoms with E-state index < -0.39 is 6.04 Å². The molecule has 1 fully saturated rings. The highest BCUT2D eigenvalue weighted by Gasteiger charge is 2.26. The monoisotopic (exact) mass is 332 g/mol. The molecule has 3 rings (SSSR count). The second-order valence-corrected chi connectivity index (χ2v) is 6.15. The van der Waals surface area contributed by atoms with E-state index in [9.17, 15) is 14.4 Å². The van der Waals surface area contributed by atoms with Crippen LogP contribution in [-0.2, 0) is 16.1 Å². The lowest BCUT2D eigenvalue weighted by molar-refractivity contribution is -0.125. The zero-order valence-corrected chi connectivity index (χ0v) is 13.1. The maximum atomic E-state index is 11.9. The number of thiophene rings is 1. The minimum Gasteiger partial charge on any atom is -0.352 e. The van der Waals surface area contributed by atoms with Gasteiger partial charge in [0.2, 0.25) is 11.8 Å². The maximum Gasteiger partial charge on any atom is 0.266 e. The van der Waals surface area contributed by atoms with E-state index in [-0.39, 0.29) is 30.5 Å². The largest absolute Gasteiger partial charge is 0.352 e. The third-order valence-corrected chi connectivity index (χ3v) is 4.47. The Morgan fingerprint density at radius 3 is 2.96 bits per heavy atom. The first-order chi connectivity index (χ1) is 11.1. The highest BCUT2D eigenvalue weighted by molar-refractivity contribution is 7.13. The molecule has 2 amide bonds. The lowest BCUT2D eigenvalue weighted by Crippen LogP contribution is -2.43. The molecule has 2 aromatic heterocycles. The molecule has 3 heterocycles. The molecular formula is C15H16N4O3S. The van der Waals surface area contributed by atoms with Gasteiger partial charge in [-0.05, 0) is 23.9 Å².